The van der Waals surface area contributed by atoms with E-state index in [1.807, 2.05) is 17.7 Å². The van der Waals surface area contributed by atoms with E-state index in [0.717, 1.165) is 12.4 Å². The van der Waals surface area contributed by atoms with Crippen LogP contribution in [0.25, 0.3) is 0 Å². The molecule has 0 atom stereocenters. The lowest BCUT2D eigenvalue weighted by Gasteiger charge is -2.11. The van der Waals surface area contributed by atoms with Gasteiger partial charge < -0.3 is 9.88 Å². The van der Waals surface area contributed by atoms with Crippen molar-refractivity contribution in [2.45, 2.75) is 13.5 Å². The Morgan fingerprint density at radius 1 is 1.50 bits per heavy atom. The number of aromatic nitrogens is 2. The number of rotatable bonds is 4. The second-order valence-electron chi connectivity index (χ2n) is 3.84. The first-order valence-corrected chi connectivity index (χ1v) is 6.61. The van der Waals surface area contributed by atoms with Crippen LogP contribution in [0.15, 0.2) is 29.0 Å². The maximum absolute atomic E-state index is 13.1. The molecule has 0 aliphatic rings. The van der Waals surface area contributed by atoms with Crippen LogP contribution in [-0.2, 0) is 6.54 Å². The molecule has 18 heavy (non-hydrogen) atoms. The molecule has 0 aliphatic heterocycles. The van der Waals surface area contributed by atoms with E-state index in [0.29, 0.717) is 21.7 Å². The quantitative estimate of drug-likeness (QED) is 0.921. The number of nitrogens with one attached hydrogen (secondary N) is 1. The van der Waals surface area contributed by atoms with Gasteiger partial charge in [-0.1, -0.05) is 11.6 Å². The van der Waals surface area contributed by atoms with Gasteiger partial charge in [-0.05, 0) is 35.0 Å². The lowest BCUT2D eigenvalue weighted by atomic mass is 10.3. The number of hydrogen-bond donors (Lipinski definition) is 1. The summed E-state index contributed by atoms with van der Waals surface area (Å²) in [6.45, 7) is 3.40. The molecule has 0 saturated heterocycles. The van der Waals surface area contributed by atoms with Gasteiger partial charge in [0, 0.05) is 30.0 Å². The Kier molecular flexibility index (Phi) is 4.24. The van der Waals surface area contributed by atoms with Crippen LogP contribution >= 0.6 is 27.5 Å². The molecule has 1 heterocycles. The van der Waals surface area contributed by atoms with Crippen LogP contribution in [0.5, 0.6) is 0 Å². The monoisotopic (exact) mass is 331 g/mol. The highest BCUT2D eigenvalue weighted by atomic mass is 79.9. The normalized spacial score (nSPS) is 10.7. The van der Waals surface area contributed by atoms with Crippen LogP contribution in [0.1, 0.15) is 5.82 Å². The summed E-state index contributed by atoms with van der Waals surface area (Å²) in [6.07, 6.45) is 3.68. The number of aryl methyl sites for hydroxylation is 1. The second-order valence-corrected chi connectivity index (χ2v) is 5.10. The molecule has 3 nitrogen and oxygen atoms in total. The van der Waals surface area contributed by atoms with Crippen molar-refractivity contribution in [3.8, 4) is 0 Å². The standard InChI is InChI=1S/C12H12BrClFN3/c1-8-16-2-4-18(8)5-3-17-12-10(13)6-9(15)7-11(12)14/h2,4,6-7,17H,3,5H2,1H3. The van der Waals surface area contributed by atoms with Crippen molar-refractivity contribution >= 4 is 33.2 Å². The number of nitrogens with zero attached hydrogens (tertiary/aromatic N) is 2. The fourth-order valence-electron chi connectivity index (χ4n) is 1.65. The molecular weight excluding hydrogens is 321 g/mol. The van der Waals surface area contributed by atoms with Crippen LogP contribution in [0.3, 0.4) is 0 Å². The predicted molar refractivity (Wildman–Crippen MR) is 74.6 cm³/mol. The largest absolute Gasteiger partial charge is 0.381 e. The number of benzene rings is 1. The van der Waals surface area contributed by atoms with Crippen LogP contribution in [0.2, 0.25) is 5.02 Å². The second kappa shape index (κ2) is 5.71. The van der Waals surface area contributed by atoms with Crippen LogP contribution in [0.4, 0.5) is 10.1 Å². The fraction of sp³-hybridized carbons (Fsp3) is 0.250. The molecule has 2 rings (SSSR count). The molecule has 1 aromatic carbocycles. The highest BCUT2D eigenvalue weighted by Gasteiger charge is 2.07. The highest BCUT2D eigenvalue weighted by molar-refractivity contribution is 9.10. The van der Waals surface area contributed by atoms with Gasteiger partial charge in [0.1, 0.15) is 11.6 Å². The molecule has 6 heteroatoms. The van der Waals surface area contributed by atoms with Crippen LogP contribution in [0, 0.1) is 12.7 Å². The summed E-state index contributed by atoms with van der Waals surface area (Å²) in [6, 6.07) is 2.67. The third kappa shape index (κ3) is 3.03. The van der Waals surface area contributed by atoms with Crippen LogP contribution < -0.4 is 5.32 Å². The molecule has 0 fully saturated rings. The molecule has 0 amide bonds. The van der Waals surface area contributed by atoms with E-state index in [2.05, 4.69) is 26.2 Å². The first-order chi connectivity index (χ1) is 8.58. The van der Waals surface area contributed by atoms with Crippen molar-refractivity contribution in [3.05, 3.63) is 45.7 Å². The number of hydrogen-bond acceptors (Lipinski definition) is 2. The molecule has 0 bridgehead atoms. The van der Waals surface area contributed by atoms with Gasteiger partial charge in [-0.2, -0.15) is 0 Å². The van der Waals surface area contributed by atoms with Gasteiger partial charge in [0.15, 0.2) is 0 Å². The summed E-state index contributed by atoms with van der Waals surface area (Å²) in [7, 11) is 0. The van der Waals surface area contributed by atoms with Crippen molar-refractivity contribution in [2.75, 3.05) is 11.9 Å². The summed E-state index contributed by atoms with van der Waals surface area (Å²) >= 11 is 9.26. The minimum absolute atomic E-state index is 0.358. The highest BCUT2D eigenvalue weighted by Crippen LogP contribution is 2.31. The Balaban J connectivity index is 2.01. The third-order valence-corrected chi connectivity index (χ3v) is 3.51. The van der Waals surface area contributed by atoms with E-state index in [-0.39, 0.29) is 5.82 Å². The van der Waals surface area contributed by atoms with Crippen molar-refractivity contribution in [1.29, 1.82) is 0 Å². The summed E-state index contributed by atoms with van der Waals surface area (Å²) in [5.74, 6) is 0.601. The molecular formula is C12H12BrClFN3. The molecule has 0 spiro atoms. The smallest absolute Gasteiger partial charge is 0.125 e. The van der Waals surface area contributed by atoms with E-state index >= 15 is 0 Å². The van der Waals surface area contributed by atoms with Gasteiger partial charge in [0.2, 0.25) is 0 Å². The van der Waals surface area contributed by atoms with E-state index < -0.39 is 0 Å². The molecule has 0 saturated carbocycles. The molecule has 1 N–H and O–H groups in total. The maximum Gasteiger partial charge on any atom is 0.125 e. The lowest BCUT2D eigenvalue weighted by molar-refractivity contribution is 0.627. The molecule has 0 aliphatic carbocycles. The Morgan fingerprint density at radius 2 is 2.28 bits per heavy atom. The van der Waals surface area contributed by atoms with Gasteiger partial charge >= 0.3 is 0 Å². The van der Waals surface area contributed by atoms with Crippen molar-refractivity contribution in [2.24, 2.45) is 0 Å². The van der Waals surface area contributed by atoms with Gasteiger partial charge in [-0.15, -0.1) is 0 Å². The zero-order chi connectivity index (χ0) is 13.1. The fourth-order valence-corrected chi connectivity index (χ4v) is 2.61. The van der Waals surface area contributed by atoms with Crippen molar-refractivity contribution < 1.29 is 4.39 Å². The Labute approximate surface area is 118 Å². The number of anilines is 1. The molecule has 2 aromatic rings. The zero-order valence-corrected chi connectivity index (χ0v) is 12.1. The zero-order valence-electron chi connectivity index (χ0n) is 9.75. The van der Waals surface area contributed by atoms with Crippen molar-refractivity contribution in [1.82, 2.24) is 9.55 Å². The predicted octanol–water partition coefficient (Wildman–Crippen LogP) is 3.86. The molecule has 1 aromatic heterocycles. The summed E-state index contributed by atoms with van der Waals surface area (Å²) < 4.78 is 15.7. The lowest BCUT2D eigenvalue weighted by Crippen LogP contribution is -2.11. The Morgan fingerprint density at radius 3 is 2.89 bits per heavy atom. The number of halogens is 3. The van der Waals surface area contributed by atoms with E-state index in [1.54, 1.807) is 6.20 Å². The minimum atomic E-state index is -0.358. The first-order valence-electron chi connectivity index (χ1n) is 5.44. The number of imidazole rings is 1. The van der Waals surface area contributed by atoms with Gasteiger partial charge in [-0.25, -0.2) is 9.37 Å². The van der Waals surface area contributed by atoms with Gasteiger partial charge in [0.05, 0.1) is 10.7 Å². The SMILES string of the molecule is Cc1nccn1CCNc1c(Cl)cc(F)cc1Br. The third-order valence-electron chi connectivity index (χ3n) is 2.59. The summed E-state index contributed by atoms with van der Waals surface area (Å²) in [5.41, 5.74) is 0.704. The summed E-state index contributed by atoms with van der Waals surface area (Å²) in [4.78, 5) is 4.14. The van der Waals surface area contributed by atoms with E-state index in [9.17, 15) is 4.39 Å². The molecule has 0 unspecified atom stereocenters. The maximum atomic E-state index is 13.1. The average molecular weight is 333 g/mol. The average Bonchev–Trinajstić information content (AvgIpc) is 2.68. The van der Waals surface area contributed by atoms with E-state index in [1.165, 1.54) is 12.1 Å². The van der Waals surface area contributed by atoms with E-state index in [4.69, 9.17) is 11.6 Å². The summed E-state index contributed by atoms with van der Waals surface area (Å²) in [5, 5.41) is 3.54. The van der Waals surface area contributed by atoms with Gasteiger partial charge in [0.25, 0.3) is 0 Å². The Hall–Kier alpha value is -1.07. The molecule has 96 valence electrons. The molecule has 0 radical (unpaired) electrons. The van der Waals surface area contributed by atoms with Crippen molar-refractivity contribution in [3.63, 3.8) is 0 Å². The minimum Gasteiger partial charge on any atom is -0.381 e. The Bertz CT molecular complexity index is 533. The van der Waals surface area contributed by atoms with Gasteiger partial charge in [-0.3, -0.25) is 0 Å². The first kappa shape index (κ1) is 13.4. The topological polar surface area (TPSA) is 29.9 Å². The van der Waals surface area contributed by atoms with Crippen LogP contribution in [-0.4, -0.2) is 16.1 Å².